The summed E-state index contributed by atoms with van der Waals surface area (Å²) in [6, 6.07) is 15.0. The molecule has 296 valence electrons. The summed E-state index contributed by atoms with van der Waals surface area (Å²) < 4.78 is 12.1. The Kier molecular flexibility index (Phi) is 13.8. The Morgan fingerprint density at radius 2 is 1.54 bits per heavy atom. The number of hydrogen-bond acceptors (Lipinski definition) is 6. The third kappa shape index (κ3) is 9.33. The van der Waals surface area contributed by atoms with E-state index >= 15 is 0 Å². The van der Waals surface area contributed by atoms with Crippen LogP contribution >= 0.6 is 0 Å². The second kappa shape index (κ2) is 18.3. The Labute approximate surface area is 328 Å². The molecule has 4 aliphatic carbocycles. The number of allylic oxidation sites excluding steroid dienone is 1. The maximum absolute atomic E-state index is 13.3. The number of carbonyl (C=O) groups excluding carboxylic acids is 1. The van der Waals surface area contributed by atoms with Gasteiger partial charge in [0, 0.05) is 6.42 Å². The zero-order valence-electron chi connectivity index (χ0n) is 34.8. The summed E-state index contributed by atoms with van der Waals surface area (Å²) in [7, 11) is 0. The van der Waals surface area contributed by atoms with E-state index in [2.05, 4.69) is 69.7 Å². The van der Waals surface area contributed by atoms with Gasteiger partial charge < -0.3 is 14.4 Å². The predicted molar refractivity (Wildman–Crippen MR) is 222 cm³/mol. The van der Waals surface area contributed by atoms with Crippen molar-refractivity contribution in [3.8, 4) is 5.75 Å². The van der Waals surface area contributed by atoms with E-state index in [0.717, 1.165) is 98.7 Å². The molecule has 0 aliphatic heterocycles. The summed E-state index contributed by atoms with van der Waals surface area (Å²) in [5.41, 5.74) is 4.35. The highest BCUT2D eigenvalue weighted by molar-refractivity contribution is 5.89. The molecule has 3 saturated carbocycles. The fourth-order valence-corrected chi connectivity index (χ4v) is 11.5. The lowest BCUT2D eigenvalue weighted by atomic mass is 9.47. The maximum atomic E-state index is 13.3. The molecule has 0 amide bonds. The number of esters is 1. The van der Waals surface area contributed by atoms with Gasteiger partial charge in [-0.05, 0) is 172 Å². The average Bonchev–Trinajstić information content (AvgIpc) is 3.53. The lowest BCUT2D eigenvalue weighted by Gasteiger charge is -2.58. The van der Waals surface area contributed by atoms with Gasteiger partial charge in [0.05, 0.1) is 23.5 Å². The van der Waals surface area contributed by atoms with Crippen molar-refractivity contribution in [2.75, 3.05) is 26.2 Å². The van der Waals surface area contributed by atoms with Crippen molar-refractivity contribution in [1.82, 2.24) is 4.90 Å². The van der Waals surface area contributed by atoms with Gasteiger partial charge in [0.1, 0.15) is 11.9 Å². The fraction of sp³-hybridized carbons (Fsp3) is 0.688. The van der Waals surface area contributed by atoms with E-state index in [9.17, 15) is 4.79 Å². The van der Waals surface area contributed by atoms with Crippen LogP contribution in [0.4, 0.5) is 11.4 Å². The van der Waals surface area contributed by atoms with Gasteiger partial charge in [0.25, 0.3) is 0 Å². The molecule has 0 heterocycles. The number of carbonyl (C=O) groups is 1. The Hall–Kier alpha value is -2.99. The minimum absolute atomic E-state index is 0.0522. The summed E-state index contributed by atoms with van der Waals surface area (Å²) >= 11 is 0. The molecule has 6 nitrogen and oxygen atoms in total. The van der Waals surface area contributed by atoms with E-state index in [1.54, 1.807) is 5.57 Å². The second-order valence-corrected chi connectivity index (χ2v) is 18.4. The van der Waals surface area contributed by atoms with Crippen molar-refractivity contribution in [3.05, 3.63) is 65.7 Å². The second-order valence-electron chi connectivity index (χ2n) is 18.4. The summed E-state index contributed by atoms with van der Waals surface area (Å²) in [4.78, 5) is 15.7. The molecule has 3 fully saturated rings. The quantitative estimate of drug-likeness (QED) is 0.0702. The molecule has 0 radical (unpaired) electrons. The van der Waals surface area contributed by atoms with Gasteiger partial charge in [-0.3, -0.25) is 0 Å². The van der Waals surface area contributed by atoms with E-state index in [1.807, 2.05) is 48.5 Å². The van der Waals surface area contributed by atoms with E-state index in [4.69, 9.17) is 9.47 Å². The predicted octanol–water partition coefficient (Wildman–Crippen LogP) is 13.2. The zero-order chi connectivity index (χ0) is 38.3. The van der Waals surface area contributed by atoms with Gasteiger partial charge in [-0.1, -0.05) is 79.4 Å². The first-order valence-electron chi connectivity index (χ1n) is 21.9. The fourth-order valence-electron chi connectivity index (χ4n) is 11.5. The van der Waals surface area contributed by atoms with E-state index in [1.165, 1.54) is 51.4 Å². The standard InChI is InChI=1S/C48H71N3O3/c1-8-51(9-2)31-10-11-32-53-40-22-20-39(21-23-40)50-49-38-18-15-36(16-19-38)46(52)54-41-27-29-47(6)37(33-41)17-24-42-44-26-25-43(35(5)14-12-13-34(3)4)48(44,7)30-28-45(42)47/h15-23,34-35,41-45H,8-14,24-33H2,1-7H3. The van der Waals surface area contributed by atoms with E-state index < -0.39 is 0 Å². The molecule has 8 atom stereocenters. The topological polar surface area (TPSA) is 63.5 Å². The van der Waals surface area contributed by atoms with Gasteiger partial charge >= 0.3 is 5.97 Å². The van der Waals surface area contributed by atoms with Gasteiger partial charge in [-0.2, -0.15) is 10.2 Å². The minimum Gasteiger partial charge on any atom is -0.494 e. The van der Waals surface area contributed by atoms with Crippen molar-refractivity contribution >= 4 is 17.3 Å². The SMILES string of the molecule is CCN(CC)CCCCOc1ccc(N=Nc2ccc(C(=O)OC3CCC4(C)C(=CCC5C4CCC4(C)C(C(C)CCCC(C)C)CCC54)C3)cc2)cc1. The molecular formula is C48H71N3O3. The van der Waals surface area contributed by atoms with Crippen LogP contribution in [0.3, 0.4) is 0 Å². The van der Waals surface area contributed by atoms with Crippen molar-refractivity contribution in [3.63, 3.8) is 0 Å². The number of nitrogens with zero attached hydrogens (tertiary/aromatic N) is 3. The third-order valence-electron chi connectivity index (χ3n) is 14.8. The molecule has 2 aromatic rings. The number of ether oxygens (including phenoxy) is 2. The van der Waals surface area contributed by atoms with Gasteiger partial charge in [-0.25, -0.2) is 4.79 Å². The highest BCUT2D eigenvalue weighted by Gasteiger charge is 2.59. The van der Waals surface area contributed by atoms with Crippen LogP contribution in [0.25, 0.3) is 0 Å². The monoisotopic (exact) mass is 738 g/mol. The van der Waals surface area contributed by atoms with Crippen LogP contribution < -0.4 is 4.74 Å². The molecule has 0 saturated heterocycles. The van der Waals surface area contributed by atoms with E-state index in [-0.39, 0.29) is 17.5 Å². The molecule has 0 spiro atoms. The maximum Gasteiger partial charge on any atom is 0.338 e. The number of rotatable bonds is 17. The molecule has 6 rings (SSSR count). The highest BCUT2D eigenvalue weighted by Crippen LogP contribution is 2.67. The smallest absolute Gasteiger partial charge is 0.338 e. The first-order chi connectivity index (χ1) is 26.0. The molecule has 2 aromatic carbocycles. The Balaban J connectivity index is 0.971. The van der Waals surface area contributed by atoms with Crippen molar-refractivity contribution < 1.29 is 14.3 Å². The average molecular weight is 738 g/mol. The number of azo groups is 1. The summed E-state index contributed by atoms with van der Waals surface area (Å²) in [6.45, 7) is 21.0. The van der Waals surface area contributed by atoms with Crippen molar-refractivity contribution in [2.45, 2.75) is 138 Å². The summed E-state index contributed by atoms with van der Waals surface area (Å²) in [6.07, 6.45) is 18.7. The lowest BCUT2D eigenvalue weighted by Crippen LogP contribution is -2.51. The number of benzene rings is 2. The third-order valence-corrected chi connectivity index (χ3v) is 14.8. The molecule has 6 heteroatoms. The van der Waals surface area contributed by atoms with Crippen LogP contribution in [0.15, 0.2) is 70.4 Å². The van der Waals surface area contributed by atoms with Crippen LogP contribution in [0.2, 0.25) is 0 Å². The van der Waals surface area contributed by atoms with Crippen molar-refractivity contribution in [1.29, 1.82) is 0 Å². The first-order valence-corrected chi connectivity index (χ1v) is 21.9. The molecule has 0 aromatic heterocycles. The van der Waals surface area contributed by atoms with Crippen LogP contribution in [0.1, 0.15) is 142 Å². The van der Waals surface area contributed by atoms with Gasteiger partial charge in [0.15, 0.2) is 0 Å². The molecule has 54 heavy (non-hydrogen) atoms. The Morgan fingerprint density at radius 3 is 2.22 bits per heavy atom. The van der Waals surface area contributed by atoms with E-state index in [0.29, 0.717) is 23.3 Å². The molecular weight excluding hydrogens is 667 g/mol. The summed E-state index contributed by atoms with van der Waals surface area (Å²) in [5.74, 6) is 5.62. The van der Waals surface area contributed by atoms with Crippen molar-refractivity contribution in [2.24, 2.45) is 56.6 Å². The lowest BCUT2D eigenvalue weighted by molar-refractivity contribution is -0.0594. The molecule has 8 unspecified atom stereocenters. The van der Waals surface area contributed by atoms with Crippen LogP contribution in [-0.4, -0.2) is 43.2 Å². The largest absolute Gasteiger partial charge is 0.494 e. The van der Waals surface area contributed by atoms with Gasteiger partial charge in [0.2, 0.25) is 0 Å². The van der Waals surface area contributed by atoms with Crippen LogP contribution in [0, 0.1) is 46.3 Å². The zero-order valence-corrected chi connectivity index (χ0v) is 34.8. The summed E-state index contributed by atoms with van der Waals surface area (Å²) in [5, 5.41) is 8.80. The highest BCUT2D eigenvalue weighted by atomic mass is 16.5. The number of hydrogen-bond donors (Lipinski definition) is 0. The van der Waals surface area contributed by atoms with Crippen LogP contribution in [-0.2, 0) is 4.74 Å². The number of unbranched alkanes of at least 4 members (excludes halogenated alkanes) is 1. The number of fused-ring (bicyclic) bond motifs is 5. The molecule has 0 N–H and O–H groups in total. The van der Waals surface area contributed by atoms with Gasteiger partial charge in [-0.15, -0.1) is 0 Å². The molecule has 0 bridgehead atoms. The normalized spacial score (nSPS) is 29.8. The first kappa shape index (κ1) is 40.7. The minimum atomic E-state index is -0.238. The Bertz CT molecular complexity index is 1560. The molecule has 4 aliphatic rings. The van der Waals surface area contributed by atoms with Crippen LogP contribution in [0.5, 0.6) is 5.75 Å². The Morgan fingerprint density at radius 1 is 0.833 bits per heavy atom.